The molecule has 3 aromatic heterocycles. The van der Waals surface area contributed by atoms with Gasteiger partial charge in [-0.05, 0) is 42.0 Å². The standard InChI is InChI=1S/C22H15ClN6O2S/c1-12(20(24)30)13-4-2-5-15(10-13)31-19-7-3-6-18-27-22(28-29(18)19)25-14-8-9-16-17(11-14)32-21(23)26-16/h2-11H,1H2,(H2,24,30)(H,25,28). The molecule has 5 rings (SSSR count). The van der Waals surface area contributed by atoms with Crippen LogP contribution in [0.4, 0.5) is 11.6 Å². The van der Waals surface area contributed by atoms with Crippen molar-refractivity contribution >= 4 is 61.9 Å². The van der Waals surface area contributed by atoms with Gasteiger partial charge in [0.1, 0.15) is 5.75 Å². The highest BCUT2D eigenvalue weighted by atomic mass is 35.5. The molecule has 0 atom stereocenters. The molecule has 3 heterocycles. The van der Waals surface area contributed by atoms with Crippen LogP contribution in [0.2, 0.25) is 4.47 Å². The summed E-state index contributed by atoms with van der Waals surface area (Å²) in [5, 5.41) is 7.71. The van der Waals surface area contributed by atoms with Crippen molar-refractivity contribution in [3.05, 3.63) is 77.3 Å². The lowest BCUT2D eigenvalue weighted by atomic mass is 10.1. The van der Waals surface area contributed by atoms with Crippen molar-refractivity contribution in [1.82, 2.24) is 19.6 Å². The number of benzene rings is 2. The van der Waals surface area contributed by atoms with E-state index in [-0.39, 0.29) is 5.57 Å². The topological polar surface area (TPSA) is 107 Å². The maximum Gasteiger partial charge on any atom is 0.248 e. The minimum absolute atomic E-state index is 0.208. The van der Waals surface area contributed by atoms with Crippen LogP contribution in [-0.4, -0.2) is 25.5 Å². The molecule has 3 N–H and O–H groups in total. The van der Waals surface area contributed by atoms with E-state index in [1.54, 1.807) is 34.8 Å². The van der Waals surface area contributed by atoms with Gasteiger partial charge in [-0.3, -0.25) is 4.79 Å². The van der Waals surface area contributed by atoms with Crippen LogP contribution >= 0.6 is 22.9 Å². The number of halogens is 1. The van der Waals surface area contributed by atoms with Crippen LogP contribution in [0, 0.1) is 0 Å². The molecule has 0 aliphatic carbocycles. The number of aromatic nitrogens is 4. The van der Waals surface area contributed by atoms with Crippen LogP contribution in [0.1, 0.15) is 5.56 Å². The molecule has 10 heteroatoms. The van der Waals surface area contributed by atoms with Crippen molar-refractivity contribution in [2.45, 2.75) is 0 Å². The van der Waals surface area contributed by atoms with Crippen LogP contribution in [0.3, 0.4) is 0 Å². The third-order valence-electron chi connectivity index (χ3n) is 4.65. The maximum absolute atomic E-state index is 11.4. The molecule has 0 fully saturated rings. The minimum atomic E-state index is -0.588. The largest absolute Gasteiger partial charge is 0.439 e. The molecule has 32 heavy (non-hydrogen) atoms. The Morgan fingerprint density at radius 1 is 1.12 bits per heavy atom. The Morgan fingerprint density at radius 3 is 2.81 bits per heavy atom. The normalized spacial score (nSPS) is 11.0. The fourth-order valence-corrected chi connectivity index (χ4v) is 4.20. The summed E-state index contributed by atoms with van der Waals surface area (Å²) in [5.41, 5.74) is 8.37. The highest BCUT2D eigenvalue weighted by molar-refractivity contribution is 7.22. The number of nitrogens with two attached hydrogens (primary N) is 1. The number of ether oxygens (including phenoxy) is 1. The number of thiazole rings is 1. The van der Waals surface area contributed by atoms with Crippen molar-refractivity contribution in [2.24, 2.45) is 5.73 Å². The average Bonchev–Trinajstić information content (AvgIpc) is 3.35. The summed E-state index contributed by atoms with van der Waals surface area (Å²) in [6.07, 6.45) is 0. The minimum Gasteiger partial charge on any atom is -0.439 e. The lowest BCUT2D eigenvalue weighted by Crippen LogP contribution is -2.11. The molecule has 8 nitrogen and oxygen atoms in total. The summed E-state index contributed by atoms with van der Waals surface area (Å²) in [6, 6.07) is 18.1. The van der Waals surface area contributed by atoms with E-state index in [1.165, 1.54) is 11.3 Å². The smallest absolute Gasteiger partial charge is 0.248 e. The third kappa shape index (κ3) is 3.86. The van der Waals surface area contributed by atoms with Crippen molar-refractivity contribution < 1.29 is 9.53 Å². The molecule has 1 amide bonds. The van der Waals surface area contributed by atoms with Gasteiger partial charge < -0.3 is 15.8 Å². The number of anilines is 2. The molecule has 0 bridgehead atoms. The van der Waals surface area contributed by atoms with Crippen LogP contribution in [-0.2, 0) is 4.79 Å². The molecular formula is C22H15ClN6O2S. The molecule has 0 saturated heterocycles. The van der Waals surface area contributed by atoms with E-state index in [4.69, 9.17) is 22.1 Å². The van der Waals surface area contributed by atoms with E-state index in [0.717, 1.165) is 15.9 Å². The average molecular weight is 463 g/mol. The maximum atomic E-state index is 11.4. The van der Waals surface area contributed by atoms with Gasteiger partial charge in [0.25, 0.3) is 0 Å². The number of fused-ring (bicyclic) bond motifs is 2. The lowest BCUT2D eigenvalue weighted by Gasteiger charge is -2.08. The zero-order valence-electron chi connectivity index (χ0n) is 16.4. The number of pyridine rings is 1. The quantitative estimate of drug-likeness (QED) is 0.343. The summed E-state index contributed by atoms with van der Waals surface area (Å²) >= 11 is 7.40. The molecule has 5 aromatic rings. The number of nitrogens with one attached hydrogen (secondary N) is 1. The molecule has 0 aliphatic heterocycles. The Bertz CT molecular complexity index is 1510. The molecule has 158 valence electrons. The van der Waals surface area contributed by atoms with Crippen LogP contribution < -0.4 is 15.8 Å². The number of carbonyl (C=O) groups is 1. The van der Waals surface area contributed by atoms with Gasteiger partial charge in [-0.2, -0.15) is 9.50 Å². The summed E-state index contributed by atoms with van der Waals surface area (Å²) in [5.74, 6) is 0.784. The fourth-order valence-electron chi connectivity index (χ4n) is 3.13. The van der Waals surface area contributed by atoms with Gasteiger partial charge >= 0.3 is 0 Å². The molecule has 0 spiro atoms. The first-order chi connectivity index (χ1) is 15.5. The Kier molecular flexibility index (Phi) is 4.96. The first kappa shape index (κ1) is 20.0. The van der Waals surface area contributed by atoms with E-state index in [9.17, 15) is 4.79 Å². The van der Waals surface area contributed by atoms with Gasteiger partial charge in [0, 0.05) is 17.3 Å². The summed E-state index contributed by atoms with van der Waals surface area (Å²) < 4.78 is 9.04. The molecule has 0 radical (unpaired) electrons. The van der Waals surface area contributed by atoms with Gasteiger partial charge in [-0.1, -0.05) is 36.4 Å². The molecule has 0 unspecified atom stereocenters. The van der Waals surface area contributed by atoms with Crippen molar-refractivity contribution in [3.63, 3.8) is 0 Å². The number of hydrogen-bond acceptors (Lipinski definition) is 7. The third-order valence-corrected chi connectivity index (χ3v) is 5.77. The zero-order valence-corrected chi connectivity index (χ0v) is 18.0. The number of primary amides is 1. The molecule has 2 aromatic carbocycles. The number of amides is 1. The Balaban J connectivity index is 1.43. The zero-order chi connectivity index (χ0) is 22.2. The predicted molar refractivity (Wildman–Crippen MR) is 126 cm³/mol. The van der Waals surface area contributed by atoms with E-state index >= 15 is 0 Å². The Labute approximate surface area is 190 Å². The highest BCUT2D eigenvalue weighted by Gasteiger charge is 2.12. The number of rotatable bonds is 6. The first-order valence-electron chi connectivity index (χ1n) is 9.42. The number of nitrogens with zero attached hydrogens (tertiary/aromatic N) is 4. The molecule has 0 aliphatic rings. The van der Waals surface area contributed by atoms with Crippen LogP contribution in [0.25, 0.3) is 21.4 Å². The Hall–Kier alpha value is -3.95. The van der Waals surface area contributed by atoms with E-state index < -0.39 is 5.91 Å². The van der Waals surface area contributed by atoms with Gasteiger partial charge in [-0.15, -0.1) is 16.4 Å². The van der Waals surface area contributed by atoms with Gasteiger partial charge in [0.15, 0.2) is 10.1 Å². The number of hydrogen-bond donors (Lipinski definition) is 2. The SMILES string of the molecule is C=C(C(N)=O)c1cccc(Oc2cccc3nc(Nc4ccc5nc(Cl)sc5c4)nn23)c1. The van der Waals surface area contributed by atoms with Crippen molar-refractivity contribution in [2.75, 3.05) is 5.32 Å². The summed E-state index contributed by atoms with van der Waals surface area (Å²) in [4.78, 5) is 20.2. The summed E-state index contributed by atoms with van der Waals surface area (Å²) in [6.45, 7) is 3.71. The van der Waals surface area contributed by atoms with Crippen molar-refractivity contribution in [1.29, 1.82) is 0 Å². The summed E-state index contributed by atoms with van der Waals surface area (Å²) in [7, 11) is 0. The fraction of sp³-hybridized carbons (Fsp3) is 0. The van der Waals surface area contributed by atoms with E-state index in [2.05, 4.69) is 27.0 Å². The number of carbonyl (C=O) groups excluding carboxylic acids is 1. The first-order valence-corrected chi connectivity index (χ1v) is 10.6. The van der Waals surface area contributed by atoms with Gasteiger partial charge in [-0.25, -0.2) is 4.98 Å². The van der Waals surface area contributed by atoms with E-state index in [1.807, 2.05) is 30.3 Å². The van der Waals surface area contributed by atoms with Crippen molar-refractivity contribution in [3.8, 4) is 11.6 Å². The monoisotopic (exact) mass is 462 g/mol. The van der Waals surface area contributed by atoms with Crippen LogP contribution in [0.15, 0.2) is 67.2 Å². The van der Waals surface area contributed by atoms with E-state index in [0.29, 0.717) is 33.3 Å². The second-order valence-electron chi connectivity index (χ2n) is 6.82. The Morgan fingerprint density at radius 2 is 1.97 bits per heavy atom. The van der Waals surface area contributed by atoms with Gasteiger partial charge in [0.05, 0.1) is 10.2 Å². The van der Waals surface area contributed by atoms with Gasteiger partial charge in [0.2, 0.25) is 17.7 Å². The molecule has 0 saturated carbocycles. The predicted octanol–water partition coefficient (Wildman–Crippen LogP) is 5.03. The molecular weight excluding hydrogens is 448 g/mol. The highest BCUT2D eigenvalue weighted by Crippen LogP contribution is 2.29. The lowest BCUT2D eigenvalue weighted by molar-refractivity contribution is -0.112. The van der Waals surface area contributed by atoms with Crippen LogP contribution in [0.5, 0.6) is 11.6 Å². The second-order valence-corrected chi connectivity index (χ2v) is 8.43. The second kappa shape index (κ2) is 7.95.